The van der Waals surface area contributed by atoms with E-state index in [-0.39, 0.29) is 5.41 Å². The van der Waals surface area contributed by atoms with Gasteiger partial charge >= 0.3 is 0 Å². The summed E-state index contributed by atoms with van der Waals surface area (Å²) >= 11 is 6.22. The maximum atomic E-state index is 6.22. The minimum atomic E-state index is -0.00312. The van der Waals surface area contributed by atoms with E-state index in [2.05, 4.69) is 26.8 Å². The number of ether oxygens (including phenoxy) is 1. The van der Waals surface area contributed by atoms with Gasteiger partial charge in [0.05, 0.1) is 0 Å². The van der Waals surface area contributed by atoms with Gasteiger partial charge in [-0.1, -0.05) is 50.6 Å². The normalized spacial score (nSPS) is 11.3. The molecule has 2 heteroatoms. The van der Waals surface area contributed by atoms with Gasteiger partial charge in [0.2, 0.25) is 0 Å². The fraction of sp³-hybridized carbons (Fsp3) is 0.250. The lowest BCUT2D eigenvalue weighted by atomic mass is 9.87. The molecule has 2 rings (SSSR count). The maximum absolute atomic E-state index is 6.22. The average Bonchev–Trinajstić information content (AvgIpc) is 2.31. The molecule has 0 saturated heterocycles. The summed E-state index contributed by atoms with van der Waals surface area (Å²) in [5, 5.41) is 0.770. The highest BCUT2D eigenvalue weighted by Crippen LogP contribution is 2.33. The fourth-order valence-electron chi connectivity index (χ4n) is 1.71. The lowest BCUT2D eigenvalue weighted by molar-refractivity contribution is 0.477. The van der Waals surface area contributed by atoms with Gasteiger partial charge in [0.25, 0.3) is 0 Å². The zero-order valence-corrected chi connectivity index (χ0v) is 11.6. The first kappa shape index (κ1) is 13.0. The van der Waals surface area contributed by atoms with Gasteiger partial charge < -0.3 is 4.74 Å². The SMILES string of the molecule is CC(C)(C)c1cc(Oc2[c]cccc2)ccc1Cl. The Balaban J connectivity index is 2.31. The van der Waals surface area contributed by atoms with Crippen molar-refractivity contribution in [3.63, 3.8) is 0 Å². The first-order valence-corrected chi connectivity index (χ1v) is 6.29. The third-order valence-corrected chi connectivity index (χ3v) is 2.98. The van der Waals surface area contributed by atoms with Crippen LogP contribution in [0.15, 0.2) is 42.5 Å². The van der Waals surface area contributed by atoms with Crippen LogP contribution in [0.4, 0.5) is 0 Å². The molecule has 0 unspecified atom stereocenters. The maximum Gasteiger partial charge on any atom is 0.135 e. The predicted octanol–water partition coefficient (Wildman–Crippen LogP) is 5.23. The Kier molecular flexibility index (Phi) is 3.63. The van der Waals surface area contributed by atoms with Crippen molar-refractivity contribution in [3.8, 4) is 11.5 Å². The number of benzene rings is 2. The van der Waals surface area contributed by atoms with Crippen LogP contribution in [0.5, 0.6) is 11.5 Å². The van der Waals surface area contributed by atoms with Crippen molar-refractivity contribution in [2.75, 3.05) is 0 Å². The van der Waals surface area contributed by atoms with Gasteiger partial charge in [-0.05, 0) is 35.2 Å². The number of rotatable bonds is 2. The Labute approximate surface area is 113 Å². The van der Waals surface area contributed by atoms with E-state index in [0.717, 1.165) is 16.3 Å². The van der Waals surface area contributed by atoms with Gasteiger partial charge in [0, 0.05) is 11.1 Å². The fourth-order valence-corrected chi connectivity index (χ4v) is 2.11. The quantitative estimate of drug-likeness (QED) is 0.718. The van der Waals surface area contributed by atoms with Crippen LogP contribution in [-0.4, -0.2) is 0 Å². The standard InChI is InChI=1S/C16H16ClO/c1-16(2,3)14-11-13(9-10-15(14)17)18-12-7-5-4-6-8-12/h4-7,9-11H,1-3H3. The highest BCUT2D eigenvalue weighted by molar-refractivity contribution is 6.31. The molecule has 0 heterocycles. The molecule has 2 aromatic carbocycles. The Morgan fingerprint density at radius 3 is 2.50 bits per heavy atom. The first-order valence-electron chi connectivity index (χ1n) is 5.91. The smallest absolute Gasteiger partial charge is 0.135 e. The van der Waals surface area contributed by atoms with Gasteiger partial charge in [-0.15, -0.1) is 0 Å². The lowest BCUT2D eigenvalue weighted by Crippen LogP contribution is -2.11. The van der Waals surface area contributed by atoms with E-state index < -0.39 is 0 Å². The molecule has 93 valence electrons. The zero-order valence-electron chi connectivity index (χ0n) is 10.8. The molecule has 0 aliphatic rings. The number of hydrogen-bond donors (Lipinski definition) is 0. The minimum Gasteiger partial charge on any atom is -0.457 e. The molecule has 1 radical (unpaired) electrons. The molecular weight excluding hydrogens is 244 g/mol. The third kappa shape index (κ3) is 3.05. The van der Waals surface area contributed by atoms with Gasteiger partial charge in [0.1, 0.15) is 11.5 Å². The Bertz CT molecular complexity index is 527. The Hall–Kier alpha value is -1.47. The van der Waals surface area contributed by atoms with E-state index in [1.165, 1.54) is 0 Å². The van der Waals surface area contributed by atoms with E-state index in [0.29, 0.717) is 5.75 Å². The van der Waals surface area contributed by atoms with E-state index in [9.17, 15) is 0 Å². The van der Waals surface area contributed by atoms with E-state index >= 15 is 0 Å². The molecule has 0 aliphatic carbocycles. The molecule has 0 spiro atoms. The van der Waals surface area contributed by atoms with Crippen LogP contribution in [0.25, 0.3) is 0 Å². The van der Waals surface area contributed by atoms with Crippen LogP contribution in [0, 0.1) is 6.07 Å². The summed E-state index contributed by atoms with van der Waals surface area (Å²) in [6.45, 7) is 6.39. The average molecular weight is 260 g/mol. The molecular formula is C16H16ClO. The van der Waals surface area contributed by atoms with Gasteiger partial charge in [-0.25, -0.2) is 0 Å². The van der Waals surface area contributed by atoms with Crippen molar-refractivity contribution in [3.05, 3.63) is 59.1 Å². The Morgan fingerprint density at radius 2 is 1.89 bits per heavy atom. The molecule has 0 saturated carbocycles. The second-order valence-corrected chi connectivity index (χ2v) is 5.63. The molecule has 0 N–H and O–H groups in total. The highest BCUT2D eigenvalue weighted by atomic mass is 35.5. The second kappa shape index (κ2) is 5.03. The van der Waals surface area contributed by atoms with Gasteiger partial charge in [0.15, 0.2) is 0 Å². The number of halogens is 1. The molecule has 0 bridgehead atoms. The van der Waals surface area contributed by atoms with Crippen molar-refractivity contribution >= 4 is 11.6 Å². The summed E-state index contributed by atoms with van der Waals surface area (Å²) < 4.78 is 5.75. The molecule has 0 fully saturated rings. The van der Waals surface area contributed by atoms with Crippen LogP contribution < -0.4 is 4.74 Å². The topological polar surface area (TPSA) is 9.23 Å². The molecule has 0 aromatic heterocycles. The van der Waals surface area contributed by atoms with E-state index in [1.54, 1.807) is 0 Å². The molecule has 2 aromatic rings. The highest BCUT2D eigenvalue weighted by Gasteiger charge is 2.18. The van der Waals surface area contributed by atoms with Gasteiger partial charge in [-0.2, -0.15) is 0 Å². The second-order valence-electron chi connectivity index (χ2n) is 5.22. The molecule has 18 heavy (non-hydrogen) atoms. The third-order valence-electron chi connectivity index (χ3n) is 2.65. The molecule has 0 amide bonds. The number of para-hydroxylation sites is 1. The van der Waals surface area contributed by atoms with Crippen molar-refractivity contribution in [1.29, 1.82) is 0 Å². The summed E-state index contributed by atoms with van der Waals surface area (Å²) in [5.41, 5.74) is 1.08. The van der Waals surface area contributed by atoms with Crippen molar-refractivity contribution in [2.45, 2.75) is 26.2 Å². The minimum absolute atomic E-state index is 0.00312. The van der Waals surface area contributed by atoms with Crippen LogP contribution in [0.2, 0.25) is 5.02 Å². The summed E-state index contributed by atoms with van der Waals surface area (Å²) in [6.07, 6.45) is 0. The Morgan fingerprint density at radius 1 is 1.11 bits per heavy atom. The summed E-state index contributed by atoms with van der Waals surface area (Å²) in [5.74, 6) is 1.49. The van der Waals surface area contributed by atoms with Crippen LogP contribution >= 0.6 is 11.6 Å². The van der Waals surface area contributed by atoms with Crippen molar-refractivity contribution in [1.82, 2.24) is 0 Å². The summed E-state index contributed by atoms with van der Waals surface area (Å²) in [6, 6.07) is 16.3. The molecule has 0 aliphatic heterocycles. The summed E-state index contributed by atoms with van der Waals surface area (Å²) in [7, 11) is 0. The molecule has 1 nitrogen and oxygen atoms in total. The first-order chi connectivity index (χ1) is 8.47. The van der Waals surface area contributed by atoms with Crippen molar-refractivity contribution < 1.29 is 4.74 Å². The van der Waals surface area contributed by atoms with Crippen LogP contribution in [0.3, 0.4) is 0 Å². The van der Waals surface area contributed by atoms with Crippen LogP contribution in [0.1, 0.15) is 26.3 Å². The number of hydrogen-bond acceptors (Lipinski definition) is 1. The lowest BCUT2D eigenvalue weighted by Gasteiger charge is -2.21. The molecule has 0 atom stereocenters. The van der Waals surface area contributed by atoms with E-state index in [4.69, 9.17) is 16.3 Å². The summed E-state index contributed by atoms with van der Waals surface area (Å²) in [4.78, 5) is 0. The monoisotopic (exact) mass is 259 g/mol. The largest absolute Gasteiger partial charge is 0.457 e. The predicted molar refractivity (Wildman–Crippen MR) is 75.5 cm³/mol. The zero-order chi connectivity index (χ0) is 13.2. The van der Waals surface area contributed by atoms with E-state index in [1.807, 2.05) is 42.5 Å². The van der Waals surface area contributed by atoms with Gasteiger partial charge in [-0.3, -0.25) is 0 Å². The van der Waals surface area contributed by atoms with Crippen molar-refractivity contribution in [2.24, 2.45) is 0 Å². The van der Waals surface area contributed by atoms with Crippen LogP contribution in [-0.2, 0) is 5.41 Å².